The van der Waals surface area contributed by atoms with Crippen molar-refractivity contribution in [2.75, 3.05) is 0 Å². The molecule has 14 heavy (non-hydrogen) atoms. The van der Waals surface area contributed by atoms with E-state index in [1.165, 1.54) is 0 Å². The van der Waals surface area contributed by atoms with E-state index in [-0.39, 0.29) is 0 Å². The Morgan fingerprint density at radius 3 is 2.57 bits per heavy atom. The summed E-state index contributed by atoms with van der Waals surface area (Å²) >= 11 is 0. The third-order valence-electron chi connectivity index (χ3n) is 1.79. The van der Waals surface area contributed by atoms with Crippen LogP contribution in [0.25, 0.3) is 11.4 Å². The Labute approximate surface area is 80.6 Å². The average Bonchev–Trinajstić information content (AvgIpc) is 2.30. The van der Waals surface area contributed by atoms with Crippen molar-refractivity contribution < 1.29 is 0 Å². The molecule has 0 unspecified atom stereocenters. The quantitative estimate of drug-likeness (QED) is 0.675. The monoisotopic (exact) mass is 185 g/mol. The summed E-state index contributed by atoms with van der Waals surface area (Å²) in [6.45, 7) is 0. The first-order chi connectivity index (χ1) is 6.92. The Morgan fingerprint density at radius 2 is 1.86 bits per heavy atom. The van der Waals surface area contributed by atoms with Gasteiger partial charge in [-0.1, -0.05) is 6.07 Å². The minimum Gasteiger partial charge on any atom is -0.255 e. The second kappa shape index (κ2) is 3.74. The molecule has 2 heterocycles. The van der Waals surface area contributed by atoms with Gasteiger partial charge in [-0.2, -0.15) is 0 Å². The average molecular weight is 185 g/mol. The molecule has 0 bridgehead atoms. The molecule has 0 N–H and O–H groups in total. The highest BCUT2D eigenvalue weighted by molar-refractivity contribution is 5.68. The van der Waals surface area contributed by atoms with Gasteiger partial charge in [-0.05, 0) is 29.4 Å². The van der Waals surface area contributed by atoms with Gasteiger partial charge in [0.15, 0.2) is 0 Å². The molecular formula is C10H7N3O. The van der Waals surface area contributed by atoms with Crippen LogP contribution in [-0.4, -0.2) is 9.97 Å². The molecule has 4 heteroatoms. The van der Waals surface area contributed by atoms with E-state index in [9.17, 15) is 4.91 Å². The van der Waals surface area contributed by atoms with E-state index < -0.39 is 0 Å². The molecule has 68 valence electrons. The second-order valence-corrected chi connectivity index (χ2v) is 2.68. The van der Waals surface area contributed by atoms with Gasteiger partial charge in [0.1, 0.15) is 11.4 Å². The van der Waals surface area contributed by atoms with Crippen LogP contribution >= 0.6 is 0 Å². The van der Waals surface area contributed by atoms with E-state index in [1.807, 2.05) is 6.07 Å². The molecule has 0 aliphatic rings. The SMILES string of the molecule is O=Nc1cccnc1-c1ccccn1. The zero-order valence-electron chi connectivity index (χ0n) is 7.29. The molecule has 0 fully saturated rings. The van der Waals surface area contributed by atoms with Crippen molar-refractivity contribution in [3.8, 4) is 11.4 Å². The van der Waals surface area contributed by atoms with Crippen molar-refractivity contribution in [1.29, 1.82) is 0 Å². The maximum Gasteiger partial charge on any atom is 0.135 e. The number of hydrogen-bond acceptors (Lipinski definition) is 4. The molecule has 0 saturated carbocycles. The topological polar surface area (TPSA) is 55.2 Å². The lowest BCUT2D eigenvalue weighted by Crippen LogP contribution is -1.85. The molecule has 0 aromatic carbocycles. The van der Waals surface area contributed by atoms with Crippen LogP contribution in [0, 0.1) is 4.91 Å². The van der Waals surface area contributed by atoms with Gasteiger partial charge in [-0.3, -0.25) is 9.97 Å². The Bertz CT molecular complexity index is 442. The van der Waals surface area contributed by atoms with Crippen LogP contribution in [0.3, 0.4) is 0 Å². The van der Waals surface area contributed by atoms with Crippen molar-refractivity contribution in [3.63, 3.8) is 0 Å². The predicted molar refractivity (Wildman–Crippen MR) is 52.9 cm³/mol. The maximum absolute atomic E-state index is 10.5. The highest BCUT2D eigenvalue weighted by Crippen LogP contribution is 2.25. The third-order valence-corrected chi connectivity index (χ3v) is 1.79. The van der Waals surface area contributed by atoms with Crippen LogP contribution in [-0.2, 0) is 0 Å². The first kappa shape index (κ1) is 8.50. The molecule has 2 rings (SSSR count). The normalized spacial score (nSPS) is 9.71. The molecular weight excluding hydrogens is 178 g/mol. The lowest BCUT2D eigenvalue weighted by atomic mass is 10.2. The van der Waals surface area contributed by atoms with E-state index in [0.717, 1.165) is 0 Å². The van der Waals surface area contributed by atoms with Crippen molar-refractivity contribution in [1.82, 2.24) is 9.97 Å². The van der Waals surface area contributed by atoms with E-state index >= 15 is 0 Å². The Hall–Kier alpha value is -2.10. The summed E-state index contributed by atoms with van der Waals surface area (Å²) in [5, 5.41) is 2.89. The van der Waals surface area contributed by atoms with E-state index in [2.05, 4.69) is 15.1 Å². The van der Waals surface area contributed by atoms with Crippen LogP contribution in [0.1, 0.15) is 0 Å². The van der Waals surface area contributed by atoms with Crippen molar-refractivity contribution in [2.45, 2.75) is 0 Å². The van der Waals surface area contributed by atoms with Gasteiger partial charge in [0.25, 0.3) is 0 Å². The Balaban J connectivity index is 2.57. The summed E-state index contributed by atoms with van der Waals surface area (Å²) in [4.78, 5) is 18.6. The summed E-state index contributed by atoms with van der Waals surface area (Å²) in [5.41, 5.74) is 1.48. The van der Waals surface area contributed by atoms with Crippen molar-refractivity contribution >= 4 is 5.69 Å². The molecule has 0 saturated heterocycles. The Morgan fingerprint density at radius 1 is 1.00 bits per heavy atom. The Kier molecular flexibility index (Phi) is 2.27. The fraction of sp³-hybridized carbons (Fsp3) is 0. The number of aromatic nitrogens is 2. The van der Waals surface area contributed by atoms with Gasteiger partial charge in [0.05, 0.1) is 5.69 Å². The molecule has 0 atom stereocenters. The fourth-order valence-corrected chi connectivity index (χ4v) is 1.17. The molecule has 2 aromatic rings. The van der Waals surface area contributed by atoms with Crippen molar-refractivity contribution in [2.24, 2.45) is 5.18 Å². The number of hydrogen-bond donors (Lipinski definition) is 0. The lowest BCUT2D eigenvalue weighted by molar-refractivity contribution is 1.23. The number of rotatable bonds is 2. The van der Waals surface area contributed by atoms with Crippen LogP contribution in [0.2, 0.25) is 0 Å². The van der Waals surface area contributed by atoms with Gasteiger partial charge in [0, 0.05) is 12.4 Å². The summed E-state index contributed by atoms with van der Waals surface area (Å²) in [6.07, 6.45) is 3.26. The zero-order chi connectivity index (χ0) is 9.80. The van der Waals surface area contributed by atoms with Crippen molar-refractivity contribution in [3.05, 3.63) is 47.6 Å². The third kappa shape index (κ3) is 1.50. The summed E-state index contributed by atoms with van der Waals surface area (Å²) < 4.78 is 0. The summed E-state index contributed by atoms with van der Waals surface area (Å²) in [5.74, 6) is 0. The smallest absolute Gasteiger partial charge is 0.135 e. The van der Waals surface area contributed by atoms with Crippen LogP contribution in [0.15, 0.2) is 47.9 Å². The van der Waals surface area contributed by atoms with Crippen LogP contribution in [0.4, 0.5) is 5.69 Å². The van der Waals surface area contributed by atoms with Gasteiger partial charge in [-0.15, -0.1) is 4.91 Å². The fourth-order valence-electron chi connectivity index (χ4n) is 1.17. The molecule has 0 aliphatic heterocycles. The number of pyridine rings is 2. The molecule has 2 aromatic heterocycles. The molecule has 0 spiro atoms. The highest BCUT2D eigenvalue weighted by Gasteiger charge is 2.06. The van der Waals surface area contributed by atoms with Crippen LogP contribution in [0.5, 0.6) is 0 Å². The minimum atomic E-state index is 0.311. The van der Waals surface area contributed by atoms with Gasteiger partial charge < -0.3 is 0 Å². The molecule has 0 aliphatic carbocycles. The maximum atomic E-state index is 10.5. The first-order valence-corrected chi connectivity index (χ1v) is 4.11. The standard InChI is InChI=1S/C10H7N3O/c14-13-9-5-3-7-12-10(9)8-4-1-2-6-11-8/h1-7H. The second-order valence-electron chi connectivity index (χ2n) is 2.68. The molecule has 0 radical (unpaired) electrons. The van der Waals surface area contributed by atoms with Gasteiger partial charge in [-0.25, -0.2) is 0 Å². The highest BCUT2D eigenvalue weighted by atomic mass is 16.3. The number of nitroso groups, excluding NO2 is 1. The summed E-state index contributed by atoms with van der Waals surface area (Å²) in [7, 11) is 0. The predicted octanol–water partition coefficient (Wildman–Crippen LogP) is 2.54. The zero-order valence-corrected chi connectivity index (χ0v) is 7.29. The van der Waals surface area contributed by atoms with E-state index in [1.54, 1.807) is 36.7 Å². The van der Waals surface area contributed by atoms with E-state index in [0.29, 0.717) is 17.1 Å². The summed E-state index contributed by atoms with van der Waals surface area (Å²) in [6, 6.07) is 8.72. The van der Waals surface area contributed by atoms with Crippen LogP contribution < -0.4 is 0 Å². The molecule has 4 nitrogen and oxygen atoms in total. The van der Waals surface area contributed by atoms with Gasteiger partial charge >= 0.3 is 0 Å². The van der Waals surface area contributed by atoms with Gasteiger partial charge in [0.2, 0.25) is 0 Å². The largest absolute Gasteiger partial charge is 0.255 e. The van der Waals surface area contributed by atoms with E-state index in [4.69, 9.17) is 0 Å². The number of nitrogens with zero attached hydrogens (tertiary/aromatic N) is 3. The first-order valence-electron chi connectivity index (χ1n) is 4.11. The molecule has 0 amide bonds. The minimum absolute atomic E-state index is 0.311. The lowest BCUT2D eigenvalue weighted by Gasteiger charge is -1.99.